The first-order chi connectivity index (χ1) is 22.6. The van der Waals surface area contributed by atoms with E-state index >= 15 is 0 Å². The molecule has 7 nitrogen and oxygen atoms in total. The monoisotopic (exact) mass is 715 g/mol. The van der Waals surface area contributed by atoms with Crippen LogP contribution in [0.15, 0.2) is 112 Å². The number of sulfonamides is 1. The van der Waals surface area contributed by atoms with Crippen molar-refractivity contribution in [2.75, 3.05) is 10.8 Å². The van der Waals surface area contributed by atoms with Crippen LogP contribution in [0.2, 0.25) is 0 Å². The van der Waals surface area contributed by atoms with Crippen molar-refractivity contribution in [1.29, 1.82) is 0 Å². The van der Waals surface area contributed by atoms with Crippen LogP contribution in [0.4, 0.5) is 5.69 Å². The van der Waals surface area contributed by atoms with Gasteiger partial charge in [0.05, 0.1) is 10.6 Å². The van der Waals surface area contributed by atoms with Gasteiger partial charge in [0.25, 0.3) is 10.0 Å². The zero-order chi connectivity index (χ0) is 33.4. The van der Waals surface area contributed by atoms with Gasteiger partial charge >= 0.3 is 0 Å². The number of carbonyl (C=O) groups is 2. The SMILES string of the molecule is Cc1ccc(N(CC(=O)N(Cc2cccc(Br)c2)[C@@H](Cc2ccccc2)C(=O)NC2CCCCC2)S(=O)(=O)c2ccccc2)cc1C. The van der Waals surface area contributed by atoms with E-state index in [1.54, 1.807) is 35.2 Å². The summed E-state index contributed by atoms with van der Waals surface area (Å²) in [5.74, 6) is -0.699. The highest BCUT2D eigenvalue weighted by molar-refractivity contribution is 9.10. The van der Waals surface area contributed by atoms with Gasteiger partial charge in [-0.25, -0.2) is 8.42 Å². The Morgan fingerprint density at radius 3 is 2.13 bits per heavy atom. The minimum Gasteiger partial charge on any atom is -0.352 e. The Hall–Kier alpha value is -3.95. The number of nitrogens with zero attached hydrogens (tertiary/aromatic N) is 2. The molecule has 2 amide bonds. The molecule has 1 aliphatic carbocycles. The van der Waals surface area contributed by atoms with Gasteiger partial charge in [-0.3, -0.25) is 13.9 Å². The average molecular weight is 717 g/mol. The lowest BCUT2D eigenvalue weighted by Gasteiger charge is -2.35. The second-order valence-electron chi connectivity index (χ2n) is 12.3. The van der Waals surface area contributed by atoms with Crippen molar-refractivity contribution in [3.63, 3.8) is 0 Å². The molecule has 0 heterocycles. The number of nitrogens with one attached hydrogen (secondary N) is 1. The Morgan fingerprint density at radius 2 is 1.47 bits per heavy atom. The summed E-state index contributed by atoms with van der Waals surface area (Å²) in [5.41, 5.74) is 4.03. The Kier molecular flexibility index (Phi) is 11.5. The number of amides is 2. The van der Waals surface area contributed by atoms with Crippen LogP contribution in [0.3, 0.4) is 0 Å². The van der Waals surface area contributed by atoms with Crippen molar-refractivity contribution in [3.05, 3.63) is 130 Å². The minimum atomic E-state index is -4.14. The van der Waals surface area contributed by atoms with Gasteiger partial charge < -0.3 is 10.2 Å². The zero-order valence-corrected chi connectivity index (χ0v) is 29.3. The fourth-order valence-electron chi connectivity index (χ4n) is 6.06. The molecule has 4 aromatic carbocycles. The quantitative estimate of drug-likeness (QED) is 0.166. The minimum absolute atomic E-state index is 0.0443. The smallest absolute Gasteiger partial charge is 0.264 e. The van der Waals surface area contributed by atoms with Crippen molar-refractivity contribution in [3.8, 4) is 0 Å². The van der Waals surface area contributed by atoms with Gasteiger partial charge in [-0.15, -0.1) is 0 Å². The summed E-state index contributed by atoms with van der Waals surface area (Å²) in [5, 5.41) is 3.25. The van der Waals surface area contributed by atoms with Gasteiger partial charge in [-0.1, -0.05) is 102 Å². The van der Waals surface area contributed by atoms with Crippen LogP contribution < -0.4 is 9.62 Å². The second-order valence-corrected chi connectivity index (χ2v) is 15.1. The molecule has 5 rings (SSSR count). The second kappa shape index (κ2) is 15.8. The molecule has 47 heavy (non-hydrogen) atoms. The van der Waals surface area contributed by atoms with Crippen molar-refractivity contribution < 1.29 is 18.0 Å². The number of halogens is 1. The molecule has 1 atom stereocenters. The summed E-state index contributed by atoms with van der Waals surface area (Å²) < 4.78 is 30.4. The maximum atomic E-state index is 14.7. The lowest BCUT2D eigenvalue weighted by Crippen LogP contribution is -2.55. The predicted molar refractivity (Wildman–Crippen MR) is 191 cm³/mol. The first-order valence-corrected chi connectivity index (χ1v) is 18.4. The summed E-state index contributed by atoms with van der Waals surface area (Å²) >= 11 is 3.54. The number of hydrogen-bond acceptors (Lipinski definition) is 4. The molecule has 0 bridgehead atoms. The van der Waals surface area contributed by atoms with Crippen molar-refractivity contribution in [2.45, 2.75) is 75.9 Å². The molecular formula is C38H42BrN3O4S. The molecule has 0 aromatic heterocycles. The van der Waals surface area contributed by atoms with E-state index in [0.717, 1.165) is 58.8 Å². The predicted octanol–water partition coefficient (Wildman–Crippen LogP) is 7.35. The number of hydrogen-bond donors (Lipinski definition) is 1. The third-order valence-corrected chi connectivity index (χ3v) is 11.1. The van der Waals surface area contributed by atoms with Gasteiger partial charge in [0.2, 0.25) is 11.8 Å². The van der Waals surface area contributed by atoms with E-state index in [1.807, 2.05) is 74.5 Å². The molecule has 246 valence electrons. The standard InChI is InChI=1S/C38H42BrN3O4S/c1-28-21-22-34(23-29(28)2)42(47(45,46)35-19-10-5-11-20-35)27-37(43)41(26-31-15-12-16-32(39)24-31)36(25-30-13-6-3-7-14-30)38(44)40-33-17-8-4-9-18-33/h3,5-7,10-16,19-24,33,36H,4,8-9,17-18,25-27H2,1-2H3,(H,40,44)/t36-/m0/s1. The van der Waals surface area contributed by atoms with Crippen LogP contribution in [-0.2, 0) is 32.6 Å². The van der Waals surface area contributed by atoms with E-state index in [1.165, 1.54) is 16.4 Å². The summed E-state index contributed by atoms with van der Waals surface area (Å²) in [6.45, 7) is 3.52. The Balaban J connectivity index is 1.57. The number of benzene rings is 4. The van der Waals surface area contributed by atoms with E-state index in [9.17, 15) is 18.0 Å². The van der Waals surface area contributed by atoms with Crippen LogP contribution in [0.5, 0.6) is 0 Å². The Morgan fingerprint density at radius 1 is 0.809 bits per heavy atom. The Labute approximate surface area is 287 Å². The zero-order valence-electron chi connectivity index (χ0n) is 26.9. The maximum Gasteiger partial charge on any atom is 0.264 e. The molecule has 0 unspecified atom stereocenters. The van der Waals surface area contributed by atoms with Crippen LogP contribution in [0.25, 0.3) is 0 Å². The van der Waals surface area contributed by atoms with Crippen LogP contribution in [0, 0.1) is 13.8 Å². The molecule has 4 aromatic rings. The number of aryl methyl sites for hydroxylation is 2. The van der Waals surface area contributed by atoms with Crippen molar-refractivity contribution in [2.24, 2.45) is 0 Å². The lowest BCUT2D eigenvalue weighted by atomic mass is 9.94. The first-order valence-electron chi connectivity index (χ1n) is 16.1. The summed E-state index contributed by atoms with van der Waals surface area (Å²) in [6, 6.07) is 30.0. The van der Waals surface area contributed by atoms with Crippen molar-refractivity contribution >= 4 is 43.5 Å². The molecule has 9 heteroatoms. The highest BCUT2D eigenvalue weighted by atomic mass is 79.9. The molecule has 0 saturated heterocycles. The van der Waals surface area contributed by atoms with E-state index in [2.05, 4.69) is 21.2 Å². The topological polar surface area (TPSA) is 86.8 Å². The fraction of sp³-hybridized carbons (Fsp3) is 0.316. The molecule has 0 radical (unpaired) electrons. The van der Waals surface area contributed by atoms with Gasteiger partial charge in [0, 0.05) is 23.5 Å². The maximum absolute atomic E-state index is 14.7. The van der Waals surface area contributed by atoms with Gasteiger partial charge in [0.15, 0.2) is 0 Å². The van der Waals surface area contributed by atoms with E-state index in [-0.39, 0.29) is 29.8 Å². The summed E-state index contributed by atoms with van der Waals surface area (Å²) in [6.07, 6.45) is 5.35. The lowest BCUT2D eigenvalue weighted by molar-refractivity contribution is -0.140. The summed E-state index contributed by atoms with van der Waals surface area (Å²) in [4.78, 5) is 30.6. The van der Waals surface area contributed by atoms with Gasteiger partial charge in [-0.05, 0) is 85.3 Å². The van der Waals surface area contributed by atoms with Gasteiger partial charge in [-0.2, -0.15) is 0 Å². The molecule has 1 N–H and O–H groups in total. The van der Waals surface area contributed by atoms with Crippen LogP contribution >= 0.6 is 15.9 Å². The first kappa shape index (κ1) is 34.4. The summed E-state index contributed by atoms with van der Waals surface area (Å²) in [7, 11) is -4.14. The van der Waals surface area contributed by atoms with E-state index in [0.29, 0.717) is 5.69 Å². The van der Waals surface area contributed by atoms with Gasteiger partial charge in [0.1, 0.15) is 12.6 Å². The molecule has 0 spiro atoms. The normalized spacial score (nSPS) is 14.3. The van der Waals surface area contributed by atoms with Crippen LogP contribution in [0.1, 0.15) is 54.4 Å². The third-order valence-electron chi connectivity index (χ3n) is 8.85. The Bertz CT molecular complexity index is 1780. The highest BCUT2D eigenvalue weighted by Crippen LogP contribution is 2.27. The van der Waals surface area contributed by atoms with E-state index in [4.69, 9.17) is 0 Å². The average Bonchev–Trinajstić information content (AvgIpc) is 3.07. The third kappa shape index (κ3) is 8.90. The molecule has 0 aliphatic heterocycles. The molecule has 1 aliphatic rings. The largest absolute Gasteiger partial charge is 0.352 e. The fourth-order valence-corrected chi connectivity index (χ4v) is 7.93. The molecular weight excluding hydrogens is 674 g/mol. The van der Waals surface area contributed by atoms with Crippen molar-refractivity contribution in [1.82, 2.24) is 10.2 Å². The number of carbonyl (C=O) groups excluding carboxylic acids is 2. The van der Waals surface area contributed by atoms with Crippen LogP contribution in [-0.4, -0.2) is 43.8 Å². The number of rotatable bonds is 12. The molecule has 1 fully saturated rings. The van der Waals surface area contributed by atoms with E-state index < -0.39 is 28.5 Å². The highest BCUT2D eigenvalue weighted by Gasteiger charge is 2.35. The number of anilines is 1. The molecule has 1 saturated carbocycles.